The zero-order valence-electron chi connectivity index (χ0n) is 8.61. The Balaban J connectivity index is 0. The van der Waals surface area contributed by atoms with E-state index >= 15 is 0 Å². The van der Waals surface area contributed by atoms with Crippen LogP contribution in [0.25, 0.3) is 11.5 Å². The average molecular weight is 520 g/mol. The van der Waals surface area contributed by atoms with Crippen molar-refractivity contribution in [3.05, 3.63) is 23.8 Å². The number of hydrogen-bond donors (Lipinski definition) is 0. The molecule has 0 amide bonds. The molecule has 2 N–H and O–H groups in total. The zero-order valence-corrected chi connectivity index (χ0v) is 13.0. The van der Waals surface area contributed by atoms with Gasteiger partial charge < -0.3 is 26.5 Å². The first-order valence-electron chi connectivity index (χ1n) is 4.56. The molecular formula is C9H14IN2O3Pt-4. The van der Waals surface area contributed by atoms with Gasteiger partial charge in [-0.3, -0.25) is 0 Å². The minimum atomic E-state index is -1.74. The van der Waals surface area contributed by atoms with Gasteiger partial charge in [-0.2, -0.15) is 12.1 Å². The molecule has 0 bridgehead atoms. The van der Waals surface area contributed by atoms with Gasteiger partial charge in [0.2, 0.25) is 0 Å². The van der Waals surface area contributed by atoms with Gasteiger partial charge in [0, 0.05) is 0 Å². The van der Waals surface area contributed by atoms with E-state index in [1.807, 2.05) is 0 Å². The second-order valence-electron chi connectivity index (χ2n) is 3.21. The summed E-state index contributed by atoms with van der Waals surface area (Å²) < 4.78 is 0. The molecule has 0 aromatic heterocycles. The Labute approximate surface area is 117 Å². The van der Waals surface area contributed by atoms with Crippen molar-refractivity contribution in [2.45, 2.75) is 37.8 Å². The summed E-state index contributed by atoms with van der Waals surface area (Å²) in [5.74, 6) is -2.93. The minimum Gasteiger partial charge on any atom is -0.676 e. The van der Waals surface area contributed by atoms with E-state index < -0.39 is 11.7 Å². The van der Waals surface area contributed by atoms with Gasteiger partial charge in [-0.05, 0) is 0 Å². The van der Waals surface area contributed by atoms with Crippen LogP contribution >= 0.6 is 19.4 Å². The van der Waals surface area contributed by atoms with Gasteiger partial charge in [-0.25, -0.2) is 0 Å². The molecule has 7 heteroatoms. The molecule has 0 unspecified atom stereocenters. The van der Waals surface area contributed by atoms with Gasteiger partial charge in [0.05, 0.1) is 5.97 Å². The number of rotatable bonds is 1. The predicted octanol–water partition coefficient (Wildman–Crippen LogP) is 0.895. The Kier molecular flexibility index (Phi) is 13.8. The molecular weight excluding hydrogens is 506 g/mol. The van der Waals surface area contributed by atoms with Gasteiger partial charge in [0.1, 0.15) is 0 Å². The van der Waals surface area contributed by atoms with E-state index in [-0.39, 0.29) is 12.1 Å². The molecule has 0 heterocycles. The van der Waals surface area contributed by atoms with Crippen molar-refractivity contribution in [1.29, 1.82) is 0 Å². The van der Waals surface area contributed by atoms with E-state index in [1.54, 1.807) is 0 Å². The predicted molar refractivity (Wildman–Crippen MR) is 62.9 cm³/mol. The first kappa shape index (κ1) is 18.7. The Morgan fingerprint density at radius 2 is 1.44 bits per heavy atom. The molecule has 16 heavy (non-hydrogen) atoms. The van der Waals surface area contributed by atoms with Crippen LogP contribution < -0.4 is 10.2 Å². The van der Waals surface area contributed by atoms with E-state index in [0.717, 1.165) is 12.8 Å². The van der Waals surface area contributed by atoms with Crippen LogP contribution in [0.2, 0.25) is 0 Å². The fraction of sp³-hybridized carbons (Fsp3) is 0.667. The van der Waals surface area contributed by atoms with Crippen molar-refractivity contribution in [3.8, 4) is 0 Å². The van der Waals surface area contributed by atoms with Crippen LogP contribution in [0.5, 0.6) is 0 Å². The first-order valence-corrected chi connectivity index (χ1v) is 11.0. The summed E-state index contributed by atoms with van der Waals surface area (Å²) in [5, 5.41) is 18.5. The monoisotopic (exact) mass is 520 g/mol. The number of carbonyl (C=O) groups excluding carboxylic acids is 1. The van der Waals surface area contributed by atoms with Gasteiger partial charge >= 0.3 is 35.5 Å². The van der Waals surface area contributed by atoms with Crippen LogP contribution in [0.15, 0.2) is 12.3 Å². The summed E-state index contributed by atoms with van der Waals surface area (Å²) in [6.45, 7) is 2.54. The van der Waals surface area contributed by atoms with E-state index in [9.17, 15) is 15.0 Å². The summed E-state index contributed by atoms with van der Waals surface area (Å²) in [5.41, 5.74) is 14.6. The number of halogens is 1. The van der Waals surface area contributed by atoms with Crippen LogP contribution in [-0.4, -0.2) is 18.1 Å². The molecule has 1 aliphatic rings. The van der Waals surface area contributed by atoms with Crippen molar-refractivity contribution in [1.82, 2.24) is 0 Å². The molecule has 0 radical (unpaired) electrons. The number of nitrogens with one attached hydrogen (secondary N) is 2. The van der Waals surface area contributed by atoms with Crippen molar-refractivity contribution >= 4 is 25.3 Å². The molecule has 2 atom stereocenters. The molecule has 5 nitrogen and oxygen atoms in total. The summed E-state index contributed by atoms with van der Waals surface area (Å²) in [6.07, 6.45) is 4.25. The largest absolute Gasteiger partial charge is 0.676 e. The molecule has 0 saturated heterocycles. The van der Waals surface area contributed by atoms with Crippen molar-refractivity contribution < 1.29 is 31.1 Å². The molecule has 0 aromatic carbocycles. The quantitative estimate of drug-likeness (QED) is 0.291. The van der Waals surface area contributed by atoms with Crippen LogP contribution in [0.1, 0.15) is 25.7 Å². The maximum atomic E-state index is 9.37. The molecule has 0 aliphatic heterocycles. The second-order valence-corrected chi connectivity index (χ2v) is 3.21. The number of carbonyl (C=O) groups is 1. The number of aliphatic carboxylic acids is 1. The summed E-state index contributed by atoms with van der Waals surface area (Å²) in [4.78, 5) is 9.18. The Hall–Kier alpha value is 0.348. The topological polar surface area (TPSA) is 111 Å². The molecule has 1 fully saturated rings. The van der Waals surface area contributed by atoms with Crippen LogP contribution in [0.4, 0.5) is 0 Å². The first-order chi connectivity index (χ1) is 7.45. The fourth-order valence-corrected chi connectivity index (χ4v) is 1.13. The van der Waals surface area contributed by atoms with Crippen LogP contribution in [0.3, 0.4) is 0 Å². The number of carboxylic acids is 1. The number of carboxylic acid groups (broad SMARTS) is 1. The van der Waals surface area contributed by atoms with E-state index in [1.165, 1.54) is 12.8 Å². The Bertz CT molecular complexity index is 195. The second kappa shape index (κ2) is 11.8. The fourth-order valence-electron chi connectivity index (χ4n) is 1.13. The maximum Gasteiger partial charge on any atom is -0.0548 e. The smallest absolute Gasteiger partial charge is 0.0548 e. The van der Waals surface area contributed by atoms with Crippen LogP contribution in [-0.2, 0) is 20.9 Å². The SMILES string of the molecule is C=C([O-])C(=O)[O-].[I][Pt].[NH-][C@@H]1CCCC[C@H]1[NH-]. The third-order valence-corrected chi connectivity index (χ3v) is 1.99. The Morgan fingerprint density at radius 3 is 1.56 bits per heavy atom. The summed E-state index contributed by atoms with van der Waals surface area (Å²) in [7, 11) is 0. The van der Waals surface area contributed by atoms with Gasteiger partial charge in [0.25, 0.3) is 0 Å². The van der Waals surface area contributed by atoms with Gasteiger partial charge in [-0.15, -0.1) is 6.58 Å². The molecule has 0 aromatic rings. The molecule has 99 valence electrons. The average Bonchev–Trinajstić information content (AvgIpc) is 2.26. The molecule has 1 aliphatic carbocycles. The maximum absolute atomic E-state index is 9.37. The van der Waals surface area contributed by atoms with Crippen molar-refractivity contribution in [2.75, 3.05) is 0 Å². The van der Waals surface area contributed by atoms with Crippen molar-refractivity contribution in [2.24, 2.45) is 0 Å². The molecule has 1 rings (SSSR count). The van der Waals surface area contributed by atoms with Crippen molar-refractivity contribution in [3.63, 3.8) is 0 Å². The van der Waals surface area contributed by atoms with E-state index in [0.29, 0.717) is 0 Å². The summed E-state index contributed by atoms with van der Waals surface area (Å²) in [6, 6.07) is -0.160. The number of hydrogen-bond acceptors (Lipinski definition) is 3. The third kappa shape index (κ3) is 10.9. The van der Waals surface area contributed by atoms with Gasteiger partial charge in [-0.1, -0.05) is 31.4 Å². The van der Waals surface area contributed by atoms with Gasteiger partial charge in [0.15, 0.2) is 0 Å². The summed E-state index contributed by atoms with van der Waals surface area (Å²) >= 11 is 4.23. The zero-order chi connectivity index (χ0) is 13.1. The van der Waals surface area contributed by atoms with Crippen LogP contribution in [0, 0.1) is 0 Å². The standard InChI is InChI=1S/C6H12N2.C3H4O3.HI.Pt/c7-5-3-1-2-4-6(5)8;1-2(4)3(5)6;;/h5-8H,1-4H2;4H,1H2,(H,5,6);1H;/q-2;;;+1/p-3/t5-,6-;;;/m1.../s1. The Morgan fingerprint density at radius 1 is 1.19 bits per heavy atom. The van der Waals surface area contributed by atoms with E-state index in [2.05, 4.69) is 42.1 Å². The normalized spacial score (nSPS) is 23.1. The molecule has 1 saturated carbocycles. The molecule has 0 spiro atoms. The minimum absolute atomic E-state index is 0.0799. The third-order valence-electron chi connectivity index (χ3n) is 1.99. The van der Waals surface area contributed by atoms with E-state index in [4.69, 9.17) is 11.5 Å².